The van der Waals surface area contributed by atoms with Gasteiger partial charge >= 0.3 is 6.18 Å². The third kappa shape index (κ3) is 4.33. The lowest BCUT2D eigenvalue weighted by Crippen LogP contribution is -2.26. The van der Waals surface area contributed by atoms with Crippen LogP contribution in [0.5, 0.6) is 5.75 Å². The van der Waals surface area contributed by atoms with Crippen molar-refractivity contribution in [3.8, 4) is 5.75 Å². The Morgan fingerprint density at radius 2 is 1.86 bits per heavy atom. The van der Waals surface area contributed by atoms with Gasteiger partial charge in [0.2, 0.25) is 5.82 Å². The molecule has 0 spiro atoms. The number of halogens is 3. The summed E-state index contributed by atoms with van der Waals surface area (Å²) in [7, 11) is 0. The summed E-state index contributed by atoms with van der Waals surface area (Å²) >= 11 is 0. The van der Waals surface area contributed by atoms with Gasteiger partial charge in [-0.3, -0.25) is 4.79 Å². The SMILES string of the molecule is CCC(=O)c1ccc(OCC(O)Cn2c(C(F)(F)F)nc3ccccc32)cc1. The van der Waals surface area contributed by atoms with E-state index in [-0.39, 0.29) is 30.0 Å². The zero-order valence-electron chi connectivity index (χ0n) is 15.1. The highest BCUT2D eigenvalue weighted by molar-refractivity contribution is 5.95. The number of aliphatic hydroxyl groups excluding tert-OH is 1. The number of para-hydroxylation sites is 2. The first kappa shape index (κ1) is 19.9. The summed E-state index contributed by atoms with van der Waals surface area (Å²) in [5.74, 6) is -0.647. The molecule has 3 rings (SSSR count). The number of Topliss-reactive ketones (excluding diaryl/α,β-unsaturated/α-hetero) is 1. The third-order valence-electron chi connectivity index (χ3n) is 4.24. The average Bonchev–Trinajstić information content (AvgIpc) is 3.05. The van der Waals surface area contributed by atoms with E-state index >= 15 is 0 Å². The number of ketones is 1. The minimum Gasteiger partial charge on any atom is -0.491 e. The molecule has 2 aromatic carbocycles. The Labute approximate surface area is 159 Å². The van der Waals surface area contributed by atoms with E-state index in [0.29, 0.717) is 17.7 Å². The lowest BCUT2D eigenvalue weighted by Gasteiger charge is -2.16. The van der Waals surface area contributed by atoms with Crippen LogP contribution in [0.25, 0.3) is 11.0 Å². The second kappa shape index (κ2) is 8.02. The standard InChI is InChI=1S/C20H19F3N2O3/c1-2-18(27)13-7-9-15(10-8-13)28-12-14(26)11-25-17-6-4-3-5-16(17)24-19(25)20(21,22)23/h3-10,14,26H,2,11-12H2,1H3. The van der Waals surface area contributed by atoms with E-state index in [2.05, 4.69) is 4.98 Å². The van der Waals surface area contributed by atoms with E-state index in [9.17, 15) is 23.1 Å². The zero-order chi connectivity index (χ0) is 20.3. The number of imidazole rings is 1. The molecule has 1 N–H and O–H groups in total. The second-order valence-corrected chi connectivity index (χ2v) is 6.30. The fourth-order valence-corrected chi connectivity index (χ4v) is 2.87. The Balaban J connectivity index is 1.71. The number of rotatable bonds is 7. The molecule has 0 aliphatic heterocycles. The van der Waals surface area contributed by atoms with Gasteiger partial charge in [0.25, 0.3) is 0 Å². The topological polar surface area (TPSA) is 64.3 Å². The molecule has 0 aliphatic carbocycles. The predicted octanol–water partition coefficient (Wildman–Crippen LogP) is 4.09. The zero-order valence-corrected chi connectivity index (χ0v) is 15.1. The number of carbonyl (C=O) groups excluding carboxylic acids is 1. The van der Waals surface area contributed by atoms with Crippen LogP contribution >= 0.6 is 0 Å². The molecule has 1 unspecified atom stereocenters. The smallest absolute Gasteiger partial charge is 0.449 e. The van der Waals surface area contributed by atoms with E-state index in [1.807, 2.05) is 0 Å². The first-order valence-electron chi connectivity index (χ1n) is 8.76. The number of hydrogen-bond donors (Lipinski definition) is 1. The number of benzene rings is 2. The van der Waals surface area contributed by atoms with Crippen molar-refractivity contribution in [3.05, 3.63) is 59.9 Å². The molecule has 0 fully saturated rings. The highest BCUT2D eigenvalue weighted by Gasteiger charge is 2.37. The van der Waals surface area contributed by atoms with Gasteiger partial charge < -0.3 is 14.4 Å². The number of ether oxygens (including phenoxy) is 1. The fourth-order valence-electron chi connectivity index (χ4n) is 2.87. The molecule has 5 nitrogen and oxygen atoms in total. The minimum atomic E-state index is -4.64. The minimum absolute atomic E-state index is 0.00162. The second-order valence-electron chi connectivity index (χ2n) is 6.30. The van der Waals surface area contributed by atoms with Crippen LogP contribution in [0.15, 0.2) is 48.5 Å². The number of nitrogens with zero attached hydrogens (tertiary/aromatic N) is 2. The first-order chi connectivity index (χ1) is 13.3. The van der Waals surface area contributed by atoms with Gasteiger partial charge in [-0.05, 0) is 36.4 Å². The van der Waals surface area contributed by atoms with Crippen LogP contribution in [0.2, 0.25) is 0 Å². The third-order valence-corrected chi connectivity index (χ3v) is 4.24. The van der Waals surface area contributed by atoms with Crippen LogP contribution in [-0.4, -0.2) is 33.2 Å². The molecule has 8 heteroatoms. The summed E-state index contributed by atoms with van der Waals surface area (Å²) in [5, 5.41) is 10.2. The Morgan fingerprint density at radius 3 is 2.50 bits per heavy atom. The van der Waals surface area contributed by atoms with Crippen molar-refractivity contribution >= 4 is 16.8 Å². The number of fused-ring (bicyclic) bond motifs is 1. The van der Waals surface area contributed by atoms with Crippen molar-refractivity contribution in [1.82, 2.24) is 9.55 Å². The largest absolute Gasteiger partial charge is 0.491 e. The van der Waals surface area contributed by atoms with Crippen molar-refractivity contribution in [2.75, 3.05) is 6.61 Å². The molecular formula is C20H19F3N2O3. The van der Waals surface area contributed by atoms with Gasteiger partial charge in [-0.1, -0.05) is 19.1 Å². The lowest BCUT2D eigenvalue weighted by molar-refractivity contribution is -0.147. The number of aromatic nitrogens is 2. The van der Waals surface area contributed by atoms with E-state index < -0.39 is 18.1 Å². The normalized spacial score (nSPS) is 12.9. The Kier molecular flexibility index (Phi) is 5.69. The van der Waals surface area contributed by atoms with Gasteiger partial charge in [-0.15, -0.1) is 0 Å². The quantitative estimate of drug-likeness (QED) is 0.615. The molecule has 0 radical (unpaired) electrons. The van der Waals surface area contributed by atoms with Gasteiger partial charge in [-0.25, -0.2) is 4.98 Å². The highest BCUT2D eigenvalue weighted by Crippen LogP contribution is 2.31. The Hall–Kier alpha value is -2.87. The van der Waals surface area contributed by atoms with Crippen molar-refractivity contribution in [2.45, 2.75) is 32.2 Å². The van der Waals surface area contributed by atoms with Gasteiger partial charge in [0.05, 0.1) is 17.6 Å². The van der Waals surface area contributed by atoms with E-state index in [1.54, 1.807) is 43.3 Å². The molecule has 0 amide bonds. The highest BCUT2D eigenvalue weighted by atomic mass is 19.4. The van der Waals surface area contributed by atoms with Crippen LogP contribution in [0.3, 0.4) is 0 Å². The summed E-state index contributed by atoms with van der Waals surface area (Å²) in [6.07, 6.45) is -5.43. The van der Waals surface area contributed by atoms with E-state index in [0.717, 1.165) is 4.57 Å². The van der Waals surface area contributed by atoms with Crippen molar-refractivity contribution in [3.63, 3.8) is 0 Å². The molecule has 148 valence electrons. The van der Waals surface area contributed by atoms with Gasteiger partial charge in [0.15, 0.2) is 5.78 Å². The first-order valence-corrected chi connectivity index (χ1v) is 8.76. The molecular weight excluding hydrogens is 373 g/mol. The molecule has 1 atom stereocenters. The molecule has 0 aliphatic rings. The maximum absolute atomic E-state index is 13.3. The lowest BCUT2D eigenvalue weighted by atomic mass is 10.1. The molecule has 1 heterocycles. The summed E-state index contributed by atoms with van der Waals surface area (Å²) < 4.78 is 46.3. The molecule has 0 saturated carbocycles. The van der Waals surface area contributed by atoms with Gasteiger partial charge in [0.1, 0.15) is 18.5 Å². The summed E-state index contributed by atoms with van der Waals surface area (Å²) in [6.45, 7) is 1.24. The van der Waals surface area contributed by atoms with Crippen LogP contribution in [0.1, 0.15) is 29.5 Å². The van der Waals surface area contributed by atoms with Crippen LogP contribution in [0, 0.1) is 0 Å². The Bertz CT molecular complexity index is 965. The molecule has 0 bridgehead atoms. The van der Waals surface area contributed by atoms with Crippen LogP contribution in [0.4, 0.5) is 13.2 Å². The van der Waals surface area contributed by atoms with Crippen LogP contribution in [-0.2, 0) is 12.7 Å². The maximum atomic E-state index is 13.3. The van der Waals surface area contributed by atoms with Gasteiger partial charge in [-0.2, -0.15) is 13.2 Å². The van der Waals surface area contributed by atoms with Crippen molar-refractivity contribution < 1.29 is 27.8 Å². The number of carbonyl (C=O) groups is 1. The number of aliphatic hydroxyl groups is 1. The summed E-state index contributed by atoms with van der Waals surface area (Å²) in [4.78, 5) is 15.3. The van der Waals surface area contributed by atoms with Crippen LogP contribution < -0.4 is 4.74 Å². The predicted molar refractivity (Wildman–Crippen MR) is 97.3 cm³/mol. The van der Waals surface area contributed by atoms with E-state index in [1.165, 1.54) is 12.1 Å². The number of alkyl halides is 3. The summed E-state index contributed by atoms with van der Waals surface area (Å²) in [6, 6.07) is 12.6. The number of hydrogen-bond acceptors (Lipinski definition) is 4. The Morgan fingerprint density at radius 1 is 1.18 bits per heavy atom. The van der Waals surface area contributed by atoms with Crippen molar-refractivity contribution in [1.29, 1.82) is 0 Å². The van der Waals surface area contributed by atoms with Crippen molar-refractivity contribution in [2.24, 2.45) is 0 Å². The molecule has 3 aromatic rings. The van der Waals surface area contributed by atoms with Gasteiger partial charge in [0, 0.05) is 12.0 Å². The maximum Gasteiger partial charge on any atom is 0.449 e. The average molecular weight is 392 g/mol. The monoisotopic (exact) mass is 392 g/mol. The fraction of sp³-hybridized carbons (Fsp3) is 0.300. The summed E-state index contributed by atoms with van der Waals surface area (Å²) in [5.41, 5.74) is 1.05. The molecule has 28 heavy (non-hydrogen) atoms. The van der Waals surface area contributed by atoms with E-state index in [4.69, 9.17) is 4.74 Å². The molecule has 0 saturated heterocycles. The molecule has 1 aromatic heterocycles.